The van der Waals surface area contributed by atoms with Gasteiger partial charge in [0.15, 0.2) is 6.10 Å². The maximum Gasteiger partial charge on any atom is 0.339 e. The smallest absolute Gasteiger partial charge is 0.339 e. The van der Waals surface area contributed by atoms with E-state index in [0.29, 0.717) is 16.9 Å². The Morgan fingerprint density at radius 3 is 2.30 bits per heavy atom. The van der Waals surface area contributed by atoms with Gasteiger partial charge in [-0.25, -0.2) is 4.79 Å². The molecule has 0 radical (unpaired) electrons. The Hall–Kier alpha value is -2.86. The number of hydrogen-bond acceptors (Lipinski definition) is 4. The van der Waals surface area contributed by atoms with Crippen LogP contribution in [0.2, 0.25) is 0 Å². The van der Waals surface area contributed by atoms with Gasteiger partial charge in [-0.3, -0.25) is 4.79 Å². The first-order valence-electron chi connectivity index (χ1n) is 11.5. The molecule has 1 saturated carbocycles. The summed E-state index contributed by atoms with van der Waals surface area (Å²) in [6.45, 7) is 6.97. The van der Waals surface area contributed by atoms with Crippen molar-refractivity contribution in [3.05, 3.63) is 59.2 Å². The summed E-state index contributed by atoms with van der Waals surface area (Å²) >= 11 is 0. The van der Waals surface area contributed by atoms with Crippen LogP contribution in [0.1, 0.15) is 80.0 Å². The number of carbonyl (C=O) groups excluding carboxylic acids is 1. The van der Waals surface area contributed by atoms with E-state index < -0.39 is 12.1 Å². The predicted molar refractivity (Wildman–Crippen MR) is 129 cm³/mol. The topological polar surface area (TPSA) is 84.9 Å². The molecule has 6 heteroatoms. The summed E-state index contributed by atoms with van der Waals surface area (Å²) in [6.07, 6.45) is 3.88. The maximum atomic E-state index is 13.0. The minimum atomic E-state index is -1.09. The van der Waals surface area contributed by atoms with Gasteiger partial charge in [0.2, 0.25) is 0 Å². The molecule has 1 aliphatic rings. The lowest BCUT2D eigenvalue weighted by molar-refractivity contribution is -0.126. The molecular formula is C27H35NO5. The Balaban J connectivity index is 1.72. The van der Waals surface area contributed by atoms with Crippen LogP contribution in [0.5, 0.6) is 5.75 Å². The molecular weight excluding hydrogens is 418 g/mol. The fraction of sp³-hybridized carbons (Fsp3) is 0.481. The maximum absolute atomic E-state index is 13.0. The number of carboxylic acids is 1. The quantitative estimate of drug-likeness (QED) is 0.534. The molecule has 3 rings (SSSR count). The number of ether oxygens (including phenoxy) is 2. The van der Waals surface area contributed by atoms with E-state index in [4.69, 9.17) is 9.47 Å². The predicted octanol–water partition coefficient (Wildman–Crippen LogP) is 6.04. The van der Waals surface area contributed by atoms with E-state index in [1.165, 1.54) is 44.8 Å². The molecule has 0 saturated heterocycles. The SMILES string of the molecule is COc1cc(C(OC)C(=O)Nc2cccc(C3CCC(C(C)(C)C)CC3)c2)ccc1C(=O)O. The van der Waals surface area contributed by atoms with E-state index in [9.17, 15) is 14.7 Å². The van der Waals surface area contributed by atoms with E-state index in [2.05, 4.69) is 38.2 Å². The van der Waals surface area contributed by atoms with Gasteiger partial charge in [-0.2, -0.15) is 0 Å². The lowest BCUT2D eigenvalue weighted by Gasteiger charge is -2.37. The van der Waals surface area contributed by atoms with E-state index in [1.54, 1.807) is 6.07 Å². The van der Waals surface area contributed by atoms with Crippen LogP contribution in [0.4, 0.5) is 5.69 Å². The average molecular weight is 454 g/mol. The number of carboxylic acid groups (broad SMARTS) is 1. The number of carbonyl (C=O) groups is 2. The molecule has 1 amide bonds. The second-order valence-electron chi connectivity index (χ2n) is 9.91. The normalized spacial score (nSPS) is 19.5. The fourth-order valence-corrected chi connectivity index (χ4v) is 4.81. The first-order valence-corrected chi connectivity index (χ1v) is 11.5. The summed E-state index contributed by atoms with van der Waals surface area (Å²) in [6, 6.07) is 12.6. The van der Waals surface area contributed by atoms with Gasteiger partial charge in [-0.05, 0) is 78.3 Å². The highest BCUT2D eigenvalue weighted by Crippen LogP contribution is 2.43. The molecule has 6 nitrogen and oxygen atoms in total. The van der Waals surface area contributed by atoms with Gasteiger partial charge < -0.3 is 19.9 Å². The minimum absolute atomic E-state index is 0.0328. The van der Waals surface area contributed by atoms with Crippen molar-refractivity contribution in [3.8, 4) is 5.75 Å². The van der Waals surface area contributed by atoms with Crippen LogP contribution in [-0.2, 0) is 9.53 Å². The summed E-state index contributed by atoms with van der Waals surface area (Å²) in [5.41, 5.74) is 2.88. The third-order valence-electron chi connectivity index (χ3n) is 6.81. The van der Waals surface area contributed by atoms with Crippen molar-refractivity contribution < 1.29 is 24.2 Å². The van der Waals surface area contributed by atoms with Crippen molar-refractivity contribution in [1.29, 1.82) is 0 Å². The highest BCUT2D eigenvalue weighted by atomic mass is 16.5. The summed E-state index contributed by atoms with van der Waals surface area (Å²) in [4.78, 5) is 24.4. The summed E-state index contributed by atoms with van der Waals surface area (Å²) in [5, 5.41) is 12.2. The molecule has 0 bridgehead atoms. The third kappa shape index (κ3) is 5.93. The van der Waals surface area contributed by atoms with Crippen molar-refractivity contribution in [2.45, 2.75) is 58.5 Å². The van der Waals surface area contributed by atoms with E-state index in [0.717, 1.165) is 24.4 Å². The number of anilines is 1. The van der Waals surface area contributed by atoms with Gasteiger partial charge in [0.25, 0.3) is 5.91 Å². The van der Waals surface area contributed by atoms with Crippen molar-refractivity contribution in [2.24, 2.45) is 11.3 Å². The van der Waals surface area contributed by atoms with Gasteiger partial charge in [0.05, 0.1) is 7.11 Å². The standard InChI is InChI=1S/C27H35NO5/c1-27(2,3)20-12-9-17(10-13-20)18-7-6-8-21(15-18)28-25(29)24(33-5)19-11-14-22(26(30)31)23(16-19)32-4/h6-8,11,14-17,20,24H,9-10,12-13H2,1-5H3,(H,28,29)(H,30,31). The Morgan fingerprint density at radius 2 is 1.73 bits per heavy atom. The van der Waals surface area contributed by atoms with Gasteiger partial charge in [-0.15, -0.1) is 0 Å². The fourth-order valence-electron chi connectivity index (χ4n) is 4.81. The van der Waals surface area contributed by atoms with E-state index >= 15 is 0 Å². The molecule has 1 fully saturated rings. The first-order chi connectivity index (χ1) is 15.6. The third-order valence-corrected chi connectivity index (χ3v) is 6.81. The number of amides is 1. The number of hydrogen-bond donors (Lipinski definition) is 2. The zero-order chi connectivity index (χ0) is 24.2. The number of nitrogens with one attached hydrogen (secondary N) is 1. The average Bonchev–Trinajstić information content (AvgIpc) is 2.79. The molecule has 2 N–H and O–H groups in total. The lowest BCUT2D eigenvalue weighted by atomic mass is 9.68. The first kappa shape index (κ1) is 24.8. The monoisotopic (exact) mass is 453 g/mol. The highest BCUT2D eigenvalue weighted by molar-refractivity contribution is 5.96. The summed E-state index contributed by atoms with van der Waals surface area (Å²) < 4.78 is 10.6. The van der Waals surface area contributed by atoms with Crippen molar-refractivity contribution in [2.75, 3.05) is 19.5 Å². The molecule has 0 spiro atoms. The molecule has 2 aromatic carbocycles. The van der Waals surface area contributed by atoms with Crippen molar-refractivity contribution in [1.82, 2.24) is 0 Å². The van der Waals surface area contributed by atoms with Crippen LogP contribution < -0.4 is 10.1 Å². The second kappa shape index (κ2) is 10.4. The largest absolute Gasteiger partial charge is 0.496 e. The summed E-state index contributed by atoms with van der Waals surface area (Å²) in [5.74, 6) is 0.0270. The molecule has 1 atom stereocenters. The number of methoxy groups -OCH3 is 2. The Morgan fingerprint density at radius 1 is 1.03 bits per heavy atom. The van der Waals surface area contributed by atoms with Crippen LogP contribution in [0.15, 0.2) is 42.5 Å². The van der Waals surface area contributed by atoms with E-state index in [-0.39, 0.29) is 17.2 Å². The molecule has 0 heterocycles. The zero-order valence-corrected chi connectivity index (χ0v) is 20.2. The highest BCUT2D eigenvalue weighted by Gasteiger charge is 2.30. The molecule has 0 aromatic heterocycles. The molecule has 2 aromatic rings. The van der Waals surface area contributed by atoms with Gasteiger partial charge in [-0.1, -0.05) is 39.0 Å². The zero-order valence-electron chi connectivity index (χ0n) is 20.2. The van der Waals surface area contributed by atoms with Crippen LogP contribution in [-0.4, -0.2) is 31.2 Å². The number of benzene rings is 2. The number of aromatic carboxylic acids is 1. The molecule has 1 aliphatic carbocycles. The molecule has 33 heavy (non-hydrogen) atoms. The second-order valence-corrected chi connectivity index (χ2v) is 9.91. The van der Waals surface area contributed by atoms with Crippen LogP contribution in [0, 0.1) is 11.3 Å². The molecule has 178 valence electrons. The van der Waals surface area contributed by atoms with E-state index in [1.807, 2.05) is 12.1 Å². The lowest BCUT2D eigenvalue weighted by Crippen LogP contribution is -2.25. The Labute approximate surface area is 196 Å². The summed E-state index contributed by atoms with van der Waals surface area (Å²) in [7, 11) is 2.85. The van der Waals surface area contributed by atoms with Gasteiger partial charge >= 0.3 is 5.97 Å². The number of rotatable bonds is 7. The molecule has 0 aliphatic heterocycles. The van der Waals surface area contributed by atoms with Crippen molar-refractivity contribution in [3.63, 3.8) is 0 Å². The van der Waals surface area contributed by atoms with Gasteiger partial charge in [0.1, 0.15) is 11.3 Å². The van der Waals surface area contributed by atoms with Gasteiger partial charge in [0, 0.05) is 12.8 Å². The Kier molecular flexibility index (Phi) is 7.80. The Bertz CT molecular complexity index is 986. The van der Waals surface area contributed by atoms with Crippen LogP contribution >= 0.6 is 0 Å². The van der Waals surface area contributed by atoms with Crippen molar-refractivity contribution >= 4 is 17.6 Å². The molecule has 1 unspecified atom stereocenters. The minimum Gasteiger partial charge on any atom is -0.496 e. The van der Waals surface area contributed by atoms with Crippen LogP contribution in [0.3, 0.4) is 0 Å². The van der Waals surface area contributed by atoms with Crippen LogP contribution in [0.25, 0.3) is 0 Å².